The first-order valence-electron chi connectivity index (χ1n) is 5.98. The normalized spacial score (nSPS) is 11.2. The van der Waals surface area contributed by atoms with Crippen LogP contribution in [0.1, 0.15) is 17.3 Å². The minimum absolute atomic E-state index is 0.0358. The van der Waals surface area contributed by atoms with E-state index in [1.165, 1.54) is 7.05 Å². The van der Waals surface area contributed by atoms with Crippen molar-refractivity contribution >= 4 is 21.7 Å². The molecule has 1 amide bonds. The molecule has 9 heteroatoms. The molecule has 1 rings (SSSR count). The van der Waals surface area contributed by atoms with E-state index in [9.17, 15) is 17.6 Å². The maximum Gasteiger partial charge on any atom is 0.255 e. The van der Waals surface area contributed by atoms with E-state index in [-0.39, 0.29) is 23.7 Å². The zero-order valence-corrected chi connectivity index (χ0v) is 12.1. The summed E-state index contributed by atoms with van der Waals surface area (Å²) in [6.45, 7) is 2.25. The summed E-state index contributed by atoms with van der Waals surface area (Å²) in [7, 11) is -2.11. The van der Waals surface area contributed by atoms with Crippen molar-refractivity contribution in [3.8, 4) is 0 Å². The molecular formula is C11H17FN4O3S. The Morgan fingerprint density at radius 3 is 2.75 bits per heavy atom. The number of hydrogen-bond acceptors (Lipinski definition) is 5. The molecule has 0 saturated carbocycles. The number of halogens is 1. The van der Waals surface area contributed by atoms with Gasteiger partial charge in [0.25, 0.3) is 5.91 Å². The maximum atomic E-state index is 13.1. The van der Waals surface area contributed by atoms with Crippen LogP contribution in [0.25, 0.3) is 0 Å². The summed E-state index contributed by atoms with van der Waals surface area (Å²) in [4.78, 5) is 15.7. The lowest BCUT2D eigenvalue weighted by Gasteiger charge is -2.10. The minimum atomic E-state index is -3.40. The fraction of sp³-hybridized carbons (Fsp3) is 0.455. The molecule has 0 aliphatic rings. The van der Waals surface area contributed by atoms with Crippen molar-refractivity contribution in [3.63, 3.8) is 0 Å². The van der Waals surface area contributed by atoms with Gasteiger partial charge in [0, 0.05) is 13.1 Å². The molecule has 0 unspecified atom stereocenters. The first kappa shape index (κ1) is 16.3. The summed E-state index contributed by atoms with van der Waals surface area (Å²) in [5, 5.41) is 5.24. The monoisotopic (exact) mass is 304 g/mol. The Hall–Kier alpha value is -1.74. The second-order valence-corrected chi connectivity index (χ2v) is 5.90. The van der Waals surface area contributed by atoms with E-state index in [1.807, 2.05) is 6.92 Å². The van der Waals surface area contributed by atoms with Crippen molar-refractivity contribution in [2.75, 3.05) is 31.2 Å². The second kappa shape index (κ2) is 7.15. The van der Waals surface area contributed by atoms with Gasteiger partial charge in [-0.05, 0) is 20.0 Å². The highest BCUT2D eigenvalue weighted by molar-refractivity contribution is 7.89. The number of pyridine rings is 1. The number of sulfonamides is 1. The summed E-state index contributed by atoms with van der Waals surface area (Å²) in [5.74, 6) is -1.23. The smallest absolute Gasteiger partial charge is 0.255 e. The zero-order valence-electron chi connectivity index (χ0n) is 11.2. The van der Waals surface area contributed by atoms with Gasteiger partial charge in [-0.15, -0.1) is 0 Å². The molecule has 20 heavy (non-hydrogen) atoms. The number of carbonyl (C=O) groups excluding carboxylic acids is 1. The Morgan fingerprint density at radius 1 is 1.45 bits per heavy atom. The summed E-state index contributed by atoms with van der Waals surface area (Å²) >= 11 is 0. The molecule has 7 nitrogen and oxygen atoms in total. The zero-order chi connectivity index (χ0) is 15.2. The number of carbonyl (C=O) groups is 1. The number of hydrogen-bond donors (Lipinski definition) is 3. The number of nitrogens with zero attached hydrogens (tertiary/aromatic N) is 1. The predicted molar refractivity (Wildman–Crippen MR) is 73.5 cm³/mol. The van der Waals surface area contributed by atoms with Crippen molar-refractivity contribution in [2.24, 2.45) is 0 Å². The molecule has 0 aliphatic heterocycles. The van der Waals surface area contributed by atoms with Crippen molar-refractivity contribution in [2.45, 2.75) is 6.92 Å². The molecule has 3 N–H and O–H groups in total. The molecule has 0 aromatic carbocycles. The van der Waals surface area contributed by atoms with Crippen molar-refractivity contribution < 1.29 is 17.6 Å². The number of aromatic nitrogens is 1. The molecule has 0 fully saturated rings. The van der Waals surface area contributed by atoms with Crippen LogP contribution >= 0.6 is 0 Å². The highest BCUT2D eigenvalue weighted by Crippen LogP contribution is 2.13. The topological polar surface area (TPSA) is 100 Å². The molecule has 0 spiro atoms. The predicted octanol–water partition coefficient (Wildman–Crippen LogP) is -0.0685. The Bertz CT molecular complexity index is 577. The van der Waals surface area contributed by atoms with E-state index in [0.717, 1.165) is 12.3 Å². The van der Waals surface area contributed by atoms with Crippen LogP contribution in [0.2, 0.25) is 0 Å². The van der Waals surface area contributed by atoms with Crippen molar-refractivity contribution in [1.82, 2.24) is 15.0 Å². The number of rotatable bonds is 7. The van der Waals surface area contributed by atoms with Gasteiger partial charge in [-0.2, -0.15) is 0 Å². The summed E-state index contributed by atoms with van der Waals surface area (Å²) in [5.41, 5.74) is 0.0358. The molecule has 1 aromatic rings. The van der Waals surface area contributed by atoms with Gasteiger partial charge in [0.05, 0.1) is 17.5 Å². The maximum absolute atomic E-state index is 13.1. The van der Waals surface area contributed by atoms with E-state index >= 15 is 0 Å². The molecule has 0 saturated heterocycles. The quantitative estimate of drug-likeness (QED) is 0.655. The van der Waals surface area contributed by atoms with Crippen LogP contribution in [0, 0.1) is 5.82 Å². The first-order chi connectivity index (χ1) is 9.39. The Morgan fingerprint density at radius 2 is 2.15 bits per heavy atom. The number of amides is 1. The second-order valence-electron chi connectivity index (χ2n) is 3.86. The van der Waals surface area contributed by atoms with Gasteiger partial charge in [0.15, 0.2) is 0 Å². The average molecular weight is 304 g/mol. The van der Waals surface area contributed by atoms with Crippen LogP contribution in [0.15, 0.2) is 12.3 Å². The van der Waals surface area contributed by atoms with Crippen LogP contribution < -0.4 is 15.4 Å². The summed E-state index contributed by atoms with van der Waals surface area (Å²) < 4.78 is 37.7. The highest BCUT2D eigenvalue weighted by atomic mass is 32.2. The third-order valence-electron chi connectivity index (χ3n) is 2.41. The lowest BCUT2D eigenvalue weighted by atomic mass is 10.2. The lowest BCUT2D eigenvalue weighted by Crippen LogP contribution is -2.33. The Balaban J connectivity index is 2.74. The van der Waals surface area contributed by atoms with E-state index in [4.69, 9.17) is 0 Å². The van der Waals surface area contributed by atoms with Crippen LogP contribution in [0.3, 0.4) is 0 Å². The highest BCUT2D eigenvalue weighted by Gasteiger charge is 2.14. The van der Waals surface area contributed by atoms with Gasteiger partial charge in [-0.25, -0.2) is 22.5 Å². The molecule has 1 aromatic heterocycles. The SMILES string of the molecule is CCNc1ncc(F)cc1C(=O)NCCS(=O)(=O)NC. The van der Waals surface area contributed by atoms with Gasteiger partial charge in [-0.3, -0.25) is 4.79 Å². The third-order valence-corrected chi connectivity index (χ3v) is 3.77. The van der Waals surface area contributed by atoms with Gasteiger partial charge in [-0.1, -0.05) is 0 Å². The molecule has 0 bridgehead atoms. The van der Waals surface area contributed by atoms with Crippen molar-refractivity contribution in [3.05, 3.63) is 23.6 Å². The Labute approximate surface area is 117 Å². The standard InChI is InChI=1S/C11H17FN4O3S/c1-3-14-10-9(6-8(12)7-16-10)11(17)15-4-5-20(18,19)13-2/h6-7,13H,3-5H2,1-2H3,(H,14,16)(H,15,17). The van der Waals surface area contributed by atoms with Crippen LogP contribution in [-0.4, -0.2) is 45.2 Å². The van der Waals surface area contributed by atoms with E-state index in [0.29, 0.717) is 6.54 Å². The fourth-order valence-corrected chi connectivity index (χ4v) is 1.99. The van der Waals surface area contributed by atoms with Crippen LogP contribution in [-0.2, 0) is 10.0 Å². The van der Waals surface area contributed by atoms with Crippen LogP contribution in [0.5, 0.6) is 0 Å². The van der Waals surface area contributed by atoms with Crippen molar-refractivity contribution in [1.29, 1.82) is 0 Å². The number of anilines is 1. The molecular weight excluding hydrogens is 287 g/mol. The largest absolute Gasteiger partial charge is 0.370 e. The van der Waals surface area contributed by atoms with E-state index in [1.54, 1.807) is 0 Å². The molecule has 0 atom stereocenters. The van der Waals surface area contributed by atoms with E-state index in [2.05, 4.69) is 20.3 Å². The fourth-order valence-electron chi connectivity index (χ4n) is 1.42. The average Bonchev–Trinajstić information content (AvgIpc) is 2.40. The van der Waals surface area contributed by atoms with Crippen LogP contribution in [0.4, 0.5) is 10.2 Å². The molecule has 1 heterocycles. The van der Waals surface area contributed by atoms with Gasteiger partial charge in [0.2, 0.25) is 10.0 Å². The van der Waals surface area contributed by atoms with Gasteiger partial charge in [0.1, 0.15) is 11.6 Å². The molecule has 0 aliphatic carbocycles. The number of nitrogens with one attached hydrogen (secondary N) is 3. The molecule has 112 valence electrons. The van der Waals surface area contributed by atoms with Gasteiger partial charge < -0.3 is 10.6 Å². The summed E-state index contributed by atoms with van der Waals surface area (Å²) in [6.07, 6.45) is 1.00. The minimum Gasteiger partial charge on any atom is -0.370 e. The third kappa shape index (κ3) is 4.74. The molecule has 0 radical (unpaired) electrons. The Kier molecular flexibility index (Phi) is 5.83. The lowest BCUT2D eigenvalue weighted by molar-refractivity contribution is 0.0956. The van der Waals surface area contributed by atoms with E-state index < -0.39 is 21.7 Å². The summed E-state index contributed by atoms with van der Waals surface area (Å²) in [6, 6.07) is 1.05. The first-order valence-corrected chi connectivity index (χ1v) is 7.63. The van der Waals surface area contributed by atoms with Gasteiger partial charge >= 0.3 is 0 Å².